The van der Waals surface area contributed by atoms with E-state index in [0.717, 1.165) is 32.2 Å². The largest absolute Gasteiger partial charge is 0.493 e. The van der Waals surface area contributed by atoms with Crippen molar-refractivity contribution in [1.29, 1.82) is 0 Å². The van der Waals surface area contributed by atoms with Gasteiger partial charge in [-0.25, -0.2) is 0 Å². The summed E-state index contributed by atoms with van der Waals surface area (Å²) in [7, 11) is 3.08. The minimum atomic E-state index is 0.279. The number of aldehydes is 1. The Hall–Kier alpha value is -1.75. The van der Waals surface area contributed by atoms with Crippen molar-refractivity contribution in [3.63, 3.8) is 0 Å². The minimum Gasteiger partial charge on any atom is -0.493 e. The highest BCUT2D eigenvalue weighted by molar-refractivity contribution is 5.78. The molecule has 0 aliphatic carbocycles. The third-order valence-corrected chi connectivity index (χ3v) is 3.33. The first-order valence-corrected chi connectivity index (χ1v) is 6.74. The molecule has 1 saturated heterocycles. The van der Waals surface area contributed by atoms with Crippen molar-refractivity contribution in [2.75, 3.05) is 27.4 Å². The van der Waals surface area contributed by atoms with Gasteiger partial charge < -0.3 is 18.9 Å². The number of rotatable bonds is 7. The molecule has 0 N–H and O–H groups in total. The summed E-state index contributed by atoms with van der Waals surface area (Å²) in [6.45, 7) is 1.36. The van der Waals surface area contributed by atoms with E-state index in [9.17, 15) is 4.79 Å². The number of hydrogen-bond acceptors (Lipinski definition) is 5. The first kappa shape index (κ1) is 14.7. The maximum atomic E-state index is 10.9. The topological polar surface area (TPSA) is 54.0 Å². The Bertz CT molecular complexity index is 427. The Morgan fingerprint density at radius 1 is 1.30 bits per heavy atom. The van der Waals surface area contributed by atoms with Crippen molar-refractivity contribution in [1.82, 2.24) is 0 Å². The van der Waals surface area contributed by atoms with Crippen LogP contribution in [-0.2, 0) is 4.74 Å². The van der Waals surface area contributed by atoms with Crippen LogP contribution in [0, 0.1) is 0 Å². The molecule has 0 radical (unpaired) electrons. The molecule has 20 heavy (non-hydrogen) atoms. The van der Waals surface area contributed by atoms with Gasteiger partial charge in [0.15, 0.2) is 11.5 Å². The summed E-state index contributed by atoms with van der Waals surface area (Å²) >= 11 is 0. The minimum absolute atomic E-state index is 0.279. The van der Waals surface area contributed by atoms with Crippen LogP contribution in [0.25, 0.3) is 0 Å². The van der Waals surface area contributed by atoms with Gasteiger partial charge in [0.05, 0.1) is 26.9 Å². The van der Waals surface area contributed by atoms with E-state index >= 15 is 0 Å². The Balaban J connectivity index is 2.06. The summed E-state index contributed by atoms with van der Waals surface area (Å²) < 4.78 is 21.8. The average Bonchev–Trinajstić information content (AvgIpc) is 3.00. The number of ether oxygens (including phenoxy) is 4. The molecule has 1 aromatic carbocycles. The van der Waals surface area contributed by atoms with Gasteiger partial charge >= 0.3 is 0 Å². The first-order valence-electron chi connectivity index (χ1n) is 6.74. The number of carbonyl (C=O) groups excluding carboxylic acids is 1. The van der Waals surface area contributed by atoms with Gasteiger partial charge in [-0.3, -0.25) is 4.79 Å². The molecule has 0 saturated carbocycles. The lowest BCUT2D eigenvalue weighted by Crippen LogP contribution is -2.11. The molecule has 0 amide bonds. The summed E-state index contributed by atoms with van der Waals surface area (Å²) in [5.74, 6) is 1.52. The Morgan fingerprint density at radius 3 is 2.50 bits per heavy atom. The second kappa shape index (κ2) is 7.14. The van der Waals surface area contributed by atoms with E-state index in [0.29, 0.717) is 29.4 Å². The maximum Gasteiger partial charge on any atom is 0.203 e. The predicted molar refractivity (Wildman–Crippen MR) is 74.0 cm³/mol. The summed E-state index contributed by atoms with van der Waals surface area (Å²) in [5.41, 5.74) is 0.491. The Morgan fingerprint density at radius 2 is 2.00 bits per heavy atom. The molecule has 0 aromatic heterocycles. The fourth-order valence-electron chi connectivity index (χ4n) is 2.27. The predicted octanol–water partition coefficient (Wildman–Crippen LogP) is 2.46. The van der Waals surface area contributed by atoms with Gasteiger partial charge in [0.25, 0.3) is 0 Å². The van der Waals surface area contributed by atoms with Crippen LogP contribution in [0.1, 0.15) is 29.6 Å². The van der Waals surface area contributed by atoms with Gasteiger partial charge in [0, 0.05) is 18.6 Å². The lowest BCUT2D eigenvalue weighted by Gasteiger charge is -2.16. The van der Waals surface area contributed by atoms with Crippen molar-refractivity contribution in [2.24, 2.45) is 0 Å². The molecule has 1 fully saturated rings. The number of methoxy groups -OCH3 is 2. The van der Waals surface area contributed by atoms with Crippen LogP contribution in [-0.4, -0.2) is 39.8 Å². The number of benzene rings is 1. The molecule has 1 aliphatic rings. The highest BCUT2D eigenvalue weighted by atomic mass is 16.5. The van der Waals surface area contributed by atoms with Crippen LogP contribution in [0.15, 0.2) is 12.1 Å². The second-order valence-corrected chi connectivity index (χ2v) is 4.64. The van der Waals surface area contributed by atoms with Gasteiger partial charge in [-0.15, -0.1) is 0 Å². The van der Waals surface area contributed by atoms with Crippen molar-refractivity contribution >= 4 is 6.29 Å². The van der Waals surface area contributed by atoms with Crippen molar-refractivity contribution in [3.05, 3.63) is 17.7 Å². The fourth-order valence-corrected chi connectivity index (χ4v) is 2.27. The highest BCUT2D eigenvalue weighted by Gasteiger charge is 2.18. The fraction of sp³-hybridized carbons (Fsp3) is 0.533. The third kappa shape index (κ3) is 3.42. The van der Waals surface area contributed by atoms with Gasteiger partial charge in [0.2, 0.25) is 5.75 Å². The zero-order chi connectivity index (χ0) is 14.4. The van der Waals surface area contributed by atoms with E-state index in [1.807, 2.05) is 0 Å². The third-order valence-electron chi connectivity index (χ3n) is 3.33. The van der Waals surface area contributed by atoms with Crippen LogP contribution in [0.4, 0.5) is 0 Å². The molecular formula is C15H20O5. The second-order valence-electron chi connectivity index (χ2n) is 4.64. The number of carbonyl (C=O) groups is 1. The molecule has 2 rings (SSSR count). The van der Waals surface area contributed by atoms with Crippen molar-refractivity contribution in [2.45, 2.75) is 25.4 Å². The molecule has 1 atom stereocenters. The van der Waals surface area contributed by atoms with E-state index in [-0.39, 0.29) is 6.10 Å². The average molecular weight is 280 g/mol. The summed E-state index contributed by atoms with van der Waals surface area (Å²) in [6.07, 6.45) is 4.07. The van der Waals surface area contributed by atoms with Gasteiger partial charge in [0.1, 0.15) is 6.29 Å². The molecule has 1 unspecified atom stereocenters. The SMILES string of the molecule is COc1cc(C=O)cc(OC)c1OCCC1CCCO1. The van der Waals surface area contributed by atoms with E-state index < -0.39 is 0 Å². The van der Waals surface area contributed by atoms with Gasteiger partial charge in [-0.2, -0.15) is 0 Å². The van der Waals surface area contributed by atoms with Crippen LogP contribution < -0.4 is 14.2 Å². The van der Waals surface area contributed by atoms with Crippen molar-refractivity contribution < 1.29 is 23.7 Å². The van der Waals surface area contributed by atoms with Crippen LogP contribution in [0.3, 0.4) is 0 Å². The van der Waals surface area contributed by atoms with E-state index in [4.69, 9.17) is 18.9 Å². The molecule has 1 aromatic rings. The monoisotopic (exact) mass is 280 g/mol. The maximum absolute atomic E-state index is 10.9. The van der Waals surface area contributed by atoms with Crippen LogP contribution in [0.2, 0.25) is 0 Å². The molecule has 1 heterocycles. The first-order chi connectivity index (χ1) is 9.78. The highest BCUT2D eigenvalue weighted by Crippen LogP contribution is 2.38. The molecule has 5 heteroatoms. The molecule has 0 bridgehead atoms. The summed E-state index contributed by atoms with van der Waals surface area (Å²) in [6, 6.07) is 3.27. The summed E-state index contributed by atoms with van der Waals surface area (Å²) in [4.78, 5) is 10.9. The van der Waals surface area contributed by atoms with E-state index in [2.05, 4.69) is 0 Å². The van der Waals surface area contributed by atoms with Crippen molar-refractivity contribution in [3.8, 4) is 17.2 Å². The molecule has 5 nitrogen and oxygen atoms in total. The Labute approximate surface area is 118 Å². The normalized spacial score (nSPS) is 17.8. The van der Waals surface area contributed by atoms with Crippen LogP contribution in [0.5, 0.6) is 17.2 Å². The van der Waals surface area contributed by atoms with Gasteiger partial charge in [-0.05, 0) is 25.0 Å². The van der Waals surface area contributed by atoms with E-state index in [1.54, 1.807) is 12.1 Å². The molecular weight excluding hydrogens is 260 g/mol. The zero-order valence-electron chi connectivity index (χ0n) is 11.9. The van der Waals surface area contributed by atoms with Crippen LogP contribution >= 0.6 is 0 Å². The summed E-state index contributed by atoms with van der Waals surface area (Å²) in [5, 5.41) is 0. The molecule has 0 spiro atoms. The van der Waals surface area contributed by atoms with Gasteiger partial charge in [-0.1, -0.05) is 0 Å². The standard InChI is InChI=1S/C15H20O5/c1-17-13-8-11(10-16)9-14(18-2)15(13)20-7-5-12-4-3-6-19-12/h8-10,12H,3-7H2,1-2H3. The van der Waals surface area contributed by atoms with E-state index in [1.165, 1.54) is 14.2 Å². The molecule has 110 valence electrons. The molecule has 1 aliphatic heterocycles. The number of hydrogen-bond donors (Lipinski definition) is 0. The Kier molecular flexibility index (Phi) is 5.24. The lowest BCUT2D eigenvalue weighted by molar-refractivity contribution is 0.0893. The lowest BCUT2D eigenvalue weighted by atomic mass is 10.2. The quantitative estimate of drug-likeness (QED) is 0.718. The zero-order valence-corrected chi connectivity index (χ0v) is 11.9. The smallest absolute Gasteiger partial charge is 0.203 e.